The van der Waals surface area contributed by atoms with Gasteiger partial charge in [0.25, 0.3) is 0 Å². The molecular weight excluding hydrogens is 268 g/mol. The highest BCUT2D eigenvalue weighted by molar-refractivity contribution is 5.64. The number of rotatable bonds is 6. The highest BCUT2D eigenvalue weighted by atomic mass is 16.3. The Labute approximate surface area is 132 Å². The highest BCUT2D eigenvalue weighted by Gasteiger charge is 2.06. The quantitative estimate of drug-likeness (QED) is 0.482. The smallest absolute Gasteiger partial charge is 0.134 e. The van der Waals surface area contributed by atoms with Crippen molar-refractivity contribution in [3.8, 4) is 22.6 Å². The maximum atomic E-state index is 5.99. The van der Waals surface area contributed by atoms with Gasteiger partial charge in [-0.15, -0.1) is 0 Å². The Hall–Kier alpha value is -2.28. The molecule has 1 nitrogen and oxygen atoms in total. The summed E-state index contributed by atoms with van der Waals surface area (Å²) in [6.07, 6.45) is 5.02. The van der Waals surface area contributed by atoms with Crippen molar-refractivity contribution in [3.05, 3.63) is 72.3 Å². The number of benzene rings is 2. The summed E-state index contributed by atoms with van der Waals surface area (Å²) in [5.74, 6) is 1.85. The van der Waals surface area contributed by atoms with Crippen molar-refractivity contribution >= 4 is 0 Å². The van der Waals surface area contributed by atoms with Gasteiger partial charge in [0.2, 0.25) is 0 Å². The van der Waals surface area contributed by atoms with Gasteiger partial charge >= 0.3 is 0 Å². The molecule has 3 aromatic rings. The van der Waals surface area contributed by atoms with Gasteiger partial charge in [0.1, 0.15) is 11.5 Å². The van der Waals surface area contributed by atoms with Crippen molar-refractivity contribution in [2.24, 2.45) is 0 Å². The molecule has 0 atom stereocenters. The Morgan fingerprint density at radius 1 is 0.682 bits per heavy atom. The number of hydrogen-bond donors (Lipinski definition) is 0. The van der Waals surface area contributed by atoms with E-state index < -0.39 is 0 Å². The van der Waals surface area contributed by atoms with E-state index in [1.54, 1.807) is 0 Å². The molecular formula is C21H22O. The van der Waals surface area contributed by atoms with E-state index in [1.165, 1.54) is 31.2 Å². The molecule has 0 amide bonds. The minimum Gasteiger partial charge on any atom is -0.456 e. The average Bonchev–Trinajstić information content (AvgIpc) is 3.07. The van der Waals surface area contributed by atoms with E-state index in [4.69, 9.17) is 4.42 Å². The lowest BCUT2D eigenvalue weighted by Crippen LogP contribution is -1.85. The van der Waals surface area contributed by atoms with Crippen LogP contribution in [0.1, 0.15) is 31.7 Å². The van der Waals surface area contributed by atoms with Gasteiger partial charge in [-0.3, -0.25) is 0 Å². The predicted molar refractivity (Wildman–Crippen MR) is 92.8 cm³/mol. The lowest BCUT2D eigenvalue weighted by atomic mass is 10.0. The zero-order valence-corrected chi connectivity index (χ0v) is 13.1. The fourth-order valence-electron chi connectivity index (χ4n) is 2.67. The number of unbranched alkanes of at least 4 members (excludes halogenated alkanes) is 2. The Balaban J connectivity index is 1.73. The van der Waals surface area contributed by atoms with Crippen LogP contribution in [0.4, 0.5) is 0 Å². The van der Waals surface area contributed by atoms with E-state index >= 15 is 0 Å². The second kappa shape index (κ2) is 7.13. The normalized spacial score (nSPS) is 10.8. The lowest BCUT2D eigenvalue weighted by molar-refractivity contribution is 0.597. The zero-order valence-electron chi connectivity index (χ0n) is 13.1. The lowest BCUT2D eigenvalue weighted by Gasteiger charge is -2.02. The first-order chi connectivity index (χ1) is 10.9. The van der Waals surface area contributed by atoms with Gasteiger partial charge in [0, 0.05) is 11.1 Å². The second-order valence-corrected chi connectivity index (χ2v) is 5.68. The van der Waals surface area contributed by atoms with Crippen molar-refractivity contribution < 1.29 is 4.42 Å². The van der Waals surface area contributed by atoms with Crippen molar-refractivity contribution in [2.75, 3.05) is 0 Å². The fourth-order valence-corrected chi connectivity index (χ4v) is 2.67. The summed E-state index contributed by atoms with van der Waals surface area (Å²) in [7, 11) is 0. The molecule has 0 saturated heterocycles. The standard InChI is InChI=1S/C21H22O/c1-2-3-5-8-17-11-13-19(14-12-17)21-16-15-20(22-21)18-9-6-4-7-10-18/h4,6-7,9-16H,2-3,5,8H2,1H3. The average molecular weight is 290 g/mol. The summed E-state index contributed by atoms with van der Waals surface area (Å²) >= 11 is 0. The predicted octanol–water partition coefficient (Wildman–Crippen LogP) is 6.35. The Morgan fingerprint density at radius 3 is 1.95 bits per heavy atom. The van der Waals surface area contributed by atoms with Gasteiger partial charge in [0.15, 0.2) is 0 Å². The topological polar surface area (TPSA) is 13.1 Å². The summed E-state index contributed by atoms with van der Waals surface area (Å²) in [6.45, 7) is 2.24. The van der Waals surface area contributed by atoms with Crippen LogP contribution in [-0.4, -0.2) is 0 Å². The maximum absolute atomic E-state index is 5.99. The summed E-state index contributed by atoms with van der Waals surface area (Å²) in [4.78, 5) is 0. The van der Waals surface area contributed by atoms with Crippen LogP contribution in [0, 0.1) is 0 Å². The molecule has 0 aliphatic rings. The second-order valence-electron chi connectivity index (χ2n) is 5.68. The van der Waals surface area contributed by atoms with Gasteiger partial charge in [-0.25, -0.2) is 0 Å². The Bertz CT molecular complexity index is 692. The molecule has 0 spiro atoms. The Kier molecular flexibility index (Phi) is 4.75. The van der Waals surface area contributed by atoms with E-state index in [1.807, 2.05) is 24.3 Å². The van der Waals surface area contributed by atoms with Crippen molar-refractivity contribution in [2.45, 2.75) is 32.6 Å². The van der Waals surface area contributed by atoms with Crippen molar-refractivity contribution in [1.29, 1.82) is 0 Å². The van der Waals surface area contributed by atoms with E-state index in [0.29, 0.717) is 0 Å². The van der Waals surface area contributed by atoms with Gasteiger partial charge in [-0.1, -0.05) is 74.4 Å². The first-order valence-corrected chi connectivity index (χ1v) is 8.11. The van der Waals surface area contributed by atoms with E-state index in [-0.39, 0.29) is 0 Å². The largest absolute Gasteiger partial charge is 0.456 e. The molecule has 1 heterocycles. The van der Waals surface area contributed by atoms with Crippen molar-refractivity contribution in [3.63, 3.8) is 0 Å². The van der Waals surface area contributed by atoms with Crippen LogP contribution >= 0.6 is 0 Å². The molecule has 1 aromatic heterocycles. The van der Waals surface area contributed by atoms with E-state index in [9.17, 15) is 0 Å². The summed E-state index contributed by atoms with van der Waals surface area (Å²) in [5, 5.41) is 0. The molecule has 3 rings (SSSR count). The summed E-state index contributed by atoms with van der Waals surface area (Å²) < 4.78 is 5.99. The first kappa shape index (κ1) is 14.6. The molecule has 0 bridgehead atoms. The third-order valence-electron chi connectivity index (χ3n) is 3.97. The van der Waals surface area contributed by atoms with Crippen LogP contribution in [0.15, 0.2) is 71.1 Å². The third-order valence-corrected chi connectivity index (χ3v) is 3.97. The molecule has 0 radical (unpaired) electrons. The van der Waals surface area contributed by atoms with Crippen LogP contribution in [0.3, 0.4) is 0 Å². The molecule has 0 aliphatic carbocycles. The van der Waals surface area contributed by atoms with Gasteiger partial charge < -0.3 is 4.42 Å². The molecule has 0 unspecified atom stereocenters. The highest BCUT2D eigenvalue weighted by Crippen LogP contribution is 2.28. The zero-order chi connectivity index (χ0) is 15.2. The van der Waals surface area contributed by atoms with Crippen LogP contribution < -0.4 is 0 Å². The summed E-state index contributed by atoms with van der Waals surface area (Å²) in [6, 6.07) is 23.1. The maximum Gasteiger partial charge on any atom is 0.134 e. The molecule has 2 aromatic carbocycles. The molecule has 0 saturated carbocycles. The minimum absolute atomic E-state index is 0.919. The first-order valence-electron chi connectivity index (χ1n) is 8.11. The molecule has 0 N–H and O–H groups in total. The SMILES string of the molecule is CCCCCc1ccc(-c2ccc(-c3ccccc3)o2)cc1. The molecule has 1 heteroatoms. The van der Waals surface area contributed by atoms with Crippen LogP contribution in [0.2, 0.25) is 0 Å². The Morgan fingerprint density at radius 2 is 1.32 bits per heavy atom. The van der Waals surface area contributed by atoms with Crippen molar-refractivity contribution in [1.82, 2.24) is 0 Å². The van der Waals surface area contributed by atoms with Crippen LogP contribution in [0.25, 0.3) is 22.6 Å². The molecule has 22 heavy (non-hydrogen) atoms. The monoisotopic (exact) mass is 290 g/mol. The molecule has 112 valence electrons. The van der Waals surface area contributed by atoms with Gasteiger partial charge in [-0.2, -0.15) is 0 Å². The number of aryl methyl sites for hydroxylation is 1. The fraction of sp³-hybridized carbons (Fsp3) is 0.238. The molecule has 0 fully saturated rings. The number of furan rings is 1. The minimum atomic E-state index is 0.919. The van der Waals surface area contributed by atoms with Crippen LogP contribution in [-0.2, 0) is 6.42 Å². The third kappa shape index (κ3) is 3.48. The van der Waals surface area contributed by atoms with E-state index in [2.05, 4.69) is 49.4 Å². The van der Waals surface area contributed by atoms with Crippen LogP contribution in [0.5, 0.6) is 0 Å². The van der Waals surface area contributed by atoms with E-state index in [0.717, 1.165) is 22.6 Å². The number of hydrogen-bond acceptors (Lipinski definition) is 1. The van der Waals surface area contributed by atoms with Gasteiger partial charge in [0.05, 0.1) is 0 Å². The van der Waals surface area contributed by atoms with Gasteiger partial charge in [-0.05, 0) is 30.5 Å². The molecule has 0 aliphatic heterocycles. The summed E-state index contributed by atoms with van der Waals surface area (Å²) in [5.41, 5.74) is 3.67.